The third kappa shape index (κ3) is 0.579. The smallest absolute Gasteiger partial charge is 0.196 e. The highest BCUT2D eigenvalue weighted by Crippen LogP contribution is 2.05. The minimum absolute atomic E-state index is 0.553. The molecule has 0 aliphatic carbocycles. The molecule has 0 aliphatic heterocycles. The number of hydrogen-bond donors (Lipinski definition) is 0. The lowest BCUT2D eigenvalue weighted by Crippen LogP contribution is -1.65. The summed E-state index contributed by atoms with van der Waals surface area (Å²) in [7, 11) is 0. The van der Waals surface area contributed by atoms with Gasteiger partial charge >= 0.3 is 0 Å². The number of aromatic nitrogens is 2. The molecule has 0 aliphatic rings. The highest BCUT2D eigenvalue weighted by molar-refractivity contribution is 5.69. The highest BCUT2D eigenvalue weighted by Gasteiger charge is 1.94. The lowest BCUT2D eigenvalue weighted by Gasteiger charge is -1.75. The van der Waals surface area contributed by atoms with Crippen LogP contribution in [0, 0.1) is 12.1 Å². The summed E-state index contributed by atoms with van der Waals surface area (Å²) in [5.74, 6) is 0. The molecule has 1 heterocycles. The van der Waals surface area contributed by atoms with E-state index < -0.39 is 0 Å². The molecule has 0 saturated heterocycles. The van der Waals surface area contributed by atoms with Crippen LogP contribution in [0.25, 0.3) is 11.1 Å². The van der Waals surface area contributed by atoms with Gasteiger partial charge in [0.25, 0.3) is 0 Å². The van der Waals surface area contributed by atoms with Gasteiger partial charge in [0.15, 0.2) is 5.58 Å². The Kier molecular flexibility index (Phi) is 0.773. The molecule has 1 aromatic carbocycles. The molecule has 0 saturated carbocycles. The zero-order valence-electron chi connectivity index (χ0n) is 4.46. The van der Waals surface area contributed by atoms with E-state index in [1.165, 1.54) is 0 Å². The molecule has 1 aromatic heterocycles. The average Bonchev–Trinajstić information content (AvgIpc) is 2.33. The van der Waals surface area contributed by atoms with Crippen molar-refractivity contribution in [1.82, 2.24) is 10.4 Å². The van der Waals surface area contributed by atoms with E-state index in [4.69, 9.17) is 0 Å². The van der Waals surface area contributed by atoms with E-state index in [1.54, 1.807) is 12.1 Å². The first-order valence-corrected chi connectivity index (χ1v) is 2.47. The zero-order chi connectivity index (χ0) is 6.10. The van der Waals surface area contributed by atoms with Crippen LogP contribution < -0.4 is 0 Å². The van der Waals surface area contributed by atoms with Crippen molar-refractivity contribution in [2.75, 3.05) is 0 Å². The Bertz CT molecular complexity index is 285. The summed E-state index contributed by atoms with van der Waals surface area (Å²) in [5, 5.41) is 6.93. The molecular weight excluding hydrogens is 116 g/mol. The molecule has 2 aromatic rings. The molecular formula is C6H2N2O. The van der Waals surface area contributed by atoms with Crippen LogP contribution in [-0.2, 0) is 0 Å². The first-order chi connectivity index (χ1) is 4.47. The van der Waals surface area contributed by atoms with Gasteiger partial charge in [-0.05, 0) is 6.07 Å². The number of hydrogen-bond acceptors (Lipinski definition) is 3. The van der Waals surface area contributed by atoms with Gasteiger partial charge in [0.2, 0.25) is 0 Å². The largest absolute Gasteiger partial charge is 0.336 e. The van der Waals surface area contributed by atoms with E-state index in [1.807, 2.05) is 0 Å². The second-order valence-corrected chi connectivity index (χ2v) is 1.57. The SMILES string of the molecule is [c]1cc[c]c2onnc12. The molecule has 0 amide bonds. The van der Waals surface area contributed by atoms with Crippen molar-refractivity contribution in [2.24, 2.45) is 0 Å². The van der Waals surface area contributed by atoms with Crippen molar-refractivity contribution in [3.8, 4) is 0 Å². The Hall–Kier alpha value is -1.38. The van der Waals surface area contributed by atoms with Crippen LogP contribution >= 0.6 is 0 Å². The zero-order valence-corrected chi connectivity index (χ0v) is 4.46. The fraction of sp³-hybridized carbons (Fsp3) is 0. The molecule has 2 rings (SSSR count). The Labute approximate surface area is 51.3 Å². The minimum atomic E-state index is 0.553. The molecule has 0 spiro atoms. The third-order valence-electron chi connectivity index (χ3n) is 1.01. The van der Waals surface area contributed by atoms with Crippen molar-refractivity contribution in [2.45, 2.75) is 0 Å². The van der Waals surface area contributed by atoms with Gasteiger partial charge in [0, 0.05) is 17.4 Å². The van der Waals surface area contributed by atoms with E-state index in [-0.39, 0.29) is 0 Å². The molecule has 3 heteroatoms. The molecule has 0 atom stereocenters. The van der Waals surface area contributed by atoms with Crippen LogP contribution in [0.4, 0.5) is 0 Å². The molecule has 0 unspecified atom stereocenters. The molecule has 3 nitrogen and oxygen atoms in total. The fourth-order valence-corrected chi connectivity index (χ4v) is 0.618. The predicted octanol–water partition coefficient (Wildman–Crippen LogP) is 0.823. The topological polar surface area (TPSA) is 38.9 Å². The number of nitrogens with zero attached hydrogens (tertiary/aromatic N) is 2. The molecule has 42 valence electrons. The van der Waals surface area contributed by atoms with Crippen molar-refractivity contribution in [3.63, 3.8) is 0 Å². The Morgan fingerprint density at radius 2 is 2.22 bits per heavy atom. The van der Waals surface area contributed by atoms with Gasteiger partial charge < -0.3 is 4.52 Å². The van der Waals surface area contributed by atoms with E-state index >= 15 is 0 Å². The lowest BCUT2D eigenvalue weighted by molar-refractivity contribution is 0.423. The maximum Gasteiger partial charge on any atom is 0.196 e. The monoisotopic (exact) mass is 118 g/mol. The summed E-state index contributed by atoms with van der Waals surface area (Å²) in [6, 6.07) is 9.06. The van der Waals surface area contributed by atoms with E-state index in [0.717, 1.165) is 0 Å². The van der Waals surface area contributed by atoms with Gasteiger partial charge in [0.05, 0.1) is 0 Å². The van der Waals surface area contributed by atoms with Gasteiger partial charge in [-0.15, -0.1) is 5.10 Å². The van der Waals surface area contributed by atoms with Crippen LogP contribution in [0.15, 0.2) is 16.7 Å². The molecule has 0 fully saturated rings. The first kappa shape index (κ1) is 4.49. The first-order valence-electron chi connectivity index (χ1n) is 2.47. The summed E-state index contributed by atoms with van der Waals surface area (Å²) < 4.78 is 4.67. The van der Waals surface area contributed by atoms with Crippen LogP contribution in [0.1, 0.15) is 0 Å². The molecule has 0 bridgehead atoms. The fourth-order valence-electron chi connectivity index (χ4n) is 0.618. The standard InChI is InChI=1S/C6H2N2O/c1-2-4-6-5(3-1)7-8-9-6/h1-2H. The van der Waals surface area contributed by atoms with Crippen molar-refractivity contribution in [1.29, 1.82) is 0 Å². The molecule has 0 N–H and O–H groups in total. The van der Waals surface area contributed by atoms with Crippen molar-refractivity contribution in [3.05, 3.63) is 24.3 Å². The average molecular weight is 118 g/mol. The maximum atomic E-state index is 4.67. The van der Waals surface area contributed by atoms with Crippen LogP contribution in [0.2, 0.25) is 0 Å². The van der Waals surface area contributed by atoms with E-state index in [2.05, 4.69) is 27.0 Å². The summed E-state index contributed by atoms with van der Waals surface area (Å²) in [5.41, 5.74) is 1.18. The number of fused-ring (bicyclic) bond motifs is 1. The predicted molar refractivity (Wildman–Crippen MR) is 29.5 cm³/mol. The Morgan fingerprint density at radius 3 is 3.11 bits per heavy atom. The Balaban J connectivity index is 2.95. The Morgan fingerprint density at radius 1 is 1.33 bits per heavy atom. The normalized spacial score (nSPS) is 10.2. The van der Waals surface area contributed by atoms with Gasteiger partial charge in [-0.1, -0.05) is 6.07 Å². The van der Waals surface area contributed by atoms with Gasteiger partial charge in [-0.2, -0.15) is 0 Å². The lowest BCUT2D eigenvalue weighted by atomic mass is 10.3. The minimum Gasteiger partial charge on any atom is -0.336 e. The second-order valence-electron chi connectivity index (χ2n) is 1.57. The van der Waals surface area contributed by atoms with E-state index in [9.17, 15) is 0 Å². The molecule has 2 radical (unpaired) electrons. The van der Waals surface area contributed by atoms with Gasteiger partial charge in [0.1, 0.15) is 5.52 Å². The van der Waals surface area contributed by atoms with Gasteiger partial charge in [-0.25, -0.2) is 0 Å². The van der Waals surface area contributed by atoms with E-state index in [0.29, 0.717) is 11.1 Å². The summed E-state index contributed by atoms with van der Waals surface area (Å²) >= 11 is 0. The summed E-state index contributed by atoms with van der Waals surface area (Å²) in [6.45, 7) is 0. The van der Waals surface area contributed by atoms with Crippen LogP contribution in [0.5, 0.6) is 0 Å². The summed E-state index contributed by atoms with van der Waals surface area (Å²) in [6.07, 6.45) is 0. The number of benzene rings is 1. The van der Waals surface area contributed by atoms with Crippen molar-refractivity contribution >= 4 is 11.1 Å². The number of rotatable bonds is 0. The second kappa shape index (κ2) is 1.55. The highest BCUT2D eigenvalue weighted by atomic mass is 16.5. The van der Waals surface area contributed by atoms with Crippen molar-refractivity contribution < 1.29 is 4.52 Å². The summed E-state index contributed by atoms with van der Waals surface area (Å²) in [4.78, 5) is 0. The molecule has 9 heavy (non-hydrogen) atoms. The third-order valence-corrected chi connectivity index (χ3v) is 1.01. The van der Waals surface area contributed by atoms with Crippen LogP contribution in [-0.4, -0.2) is 10.4 Å². The van der Waals surface area contributed by atoms with Crippen LogP contribution in [0.3, 0.4) is 0 Å². The quantitative estimate of drug-likeness (QED) is 0.514. The van der Waals surface area contributed by atoms with Gasteiger partial charge in [-0.3, -0.25) is 0 Å². The maximum absolute atomic E-state index is 4.67.